The van der Waals surface area contributed by atoms with Crippen LogP contribution in [0.5, 0.6) is 0 Å². The monoisotopic (exact) mass is 405 g/mol. The summed E-state index contributed by atoms with van der Waals surface area (Å²) in [7, 11) is 3.45. The Balaban J connectivity index is 1.57. The second-order valence-corrected chi connectivity index (χ2v) is 7.65. The Bertz CT molecular complexity index is 1210. The SMILES string of the molecule is CN(C)C(=O)c1ccc(CSc2nc3c(cnn3-c3ccccc3)c(=O)[nH]2)cc1. The molecule has 0 bridgehead atoms. The van der Waals surface area contributed by atoms with Crippen LogP contribution in [0.4, 0.5) is 0 Å². The first-order valence-electron chi connectivity index (χ1n) is 9.00. The molecule has 2 aromatic heterocycles. The maximum atomic E-state index is 12.4. The lowest BCUT2D eigenvalue weighted by atomic mass is 10.1. The molecule has 7 nitrogen and oxygen atoms in total. The summed E-state index contributed by atoms with van der Waals surface area (Å²) in [5, 5.41) is 5.29. The molecule has 0 fully saturated rings. The Morgan fingerprint density at radius 2 is 1.83 bits per heavy atom. The highest BCUT2D eigenvalue weighted by molar-refractivity contribution is 7.98. The molecule has 0 atom stereocenters. The molecule has 0 unspecified atom stereocenters. The van der Waals surface area contributed by atoms with Gasteiger partial charge in [0.1, 0.15) is 5.39 Å². The first kappa shape index (κ1) is 18.9. The van der Waals surface area contributed by atoms with Crippen LogP contribution in [0.3, 0.4) is 0 Å². The van der Waals surface area contributed by atoms with Crippen LogP contribution < -0.4 is 5.56 Å². The minimum atomic E-state index is -0.216. The van der Waals surface area contributed by atoms with Crippen molar-refractivity contribution in [2.24, 2.45) is 0 Å². The Hall–Kier alpha value is -3.39. The summed E-state index contributed by atoms with van der Waals surface area (Å²) in [6.45, 7) is 0. The number of hydrogen-bond acceptors (Lipinski definition) is 5. The summed E-state index contributed by atoms with van der Waals surface area (Å²) in [6.07, 6.45) is 1.53. The van der Waals surface area contributed by atoms with Crippen LogP contribution >= 0.6 is 11.8 Å². The number of rotatable bonds is 5. The molecule has 0 aliphatic rings. The predicted octanol–water partition coefficient (Wildman–Crippen LogP) is 3.10. The van der Waals surface area contributed by atoms with Crippen LogP contribution in [0.15, 0.2) is 70.7 Å². The summed E-state index contributed by atoms with van der Waals surface area (Å²) in [6, 6.07) is 17.0. The molecule has 0 aliphatic heterocycles. The number of carbonyl (C=O) groups excluding carboxylic acids is 1. The van der Waals surface area contributed by atoms with Gasteiger partial charge < -0.3 is 9.88 Å². The number of nitrogens with one attached hydrogen (secondary N) is 1. The van der Waals surface area contributed by atoms with E-state index in [4.69, 9.17) is 0 Å². The topological polar surface area (TPSA) is 83.9 Å². The van der Waals surface area contributed by atoms with Crippen LogP contribution in [0.1, 0.15) is 15.9 Å². The predicted molar refractivity (Wildman–Crippen MR) is 114 cm³/mol. The number of benzene rings is 2. The molecule has 8 heteroatoms. The highest BCUT2D eigenvalue weighted by Gasteiger charge is 2.12. The Morgan fingerprint density at radius 1 is 1.10 bits per heavy atom. The first-order valence-corrected chi connectivity index (χ1v) is 9.98. The van der Waals surface area contributed by atoms with Crippen LogP contribution in [0.2, 0.25) is 0 Å². The average Bonchev–Trinajstić information content (AvgIpc) is 3.17. The van der Waals surface area contributed by atoms with E-state index in [-0.39, 0.29) is 11.5 Å². The van der Waals surface area contributed by atoms with Crippen molar-refractivity contribution >= 4 is 28.7 Å². The van der Waals surface area contributed by atoms with Gasteiger partial charge in [0.15, 0.2) is 10.8 Å². The molecule has 29 heavy (non-hydrogen) atoms. The van der Waals surface area contributed by atoms with Gasteiger partial charge in [-0.2, -0.15) is 5.10 Å². The third-order valence-corrected chi connectivity index (χ3v) is 5.34. The van der Waals surface area contributed by atoms with Gasteiger partial charge in [0.2, 0.25) is 0 Å². The largest absolute Gasteiger partial charge is 0.345 e. The van der Waals surface area contributed by atoms with Crippen molar-refractivity contribution in [3.8, 4) is 5.69 Å². The fourth-order valence-electron chi connectivity index (χ4n) is 2.88. The number of fused-ring (bicyclic) bond motifs is 1. The Kier molecular flexibility index (Phi) is 5.18. The van der Waals surface area contributed by atoms with Gasteiger partial charge in [-0.25, -0.2) is 9.67 Å². The van der Waals surface area contributed by atoms with Crippen LogP contribution in [-0.4, -0.2) is 44.7 Å². The summed E-state index contributed by atoms with van der Waals surface area (Å²) in [5.41, 5.74) is 2.83. The van der Waals surface area contributed by atoms with Crippen LogP contribution in [0, 0.1) is 0 Å². The van der Waals surface area contributed by atoms with E-state index in [0.717, 1.165) is 11.3 Å². The molecule has 4 rings (SSSR count). The zero-order chi connectivity index (χ0) is 20.4. The van der Waals surface area contributed by atoms with Crippen molar-refractivity contribution in [2.45, 2.75) is 10.9 Å². The molecule has 0 saturated heterocycles. The molecule has 2 heterocycles. The number of nitrogens with zero attached hydrogens (tertiary/aromatic N) is 4. The van der Waals surface area contributed by atoms with E-state index in [1.54, 1.807) is 23.7 Å². The third kappa shape index (κ3) is 3.93. The molecule has 2 aromatic carbocycles. The second-order valence-electron chi connectivity index (χ2n) is 6.69. The molecule has 0 saturated carbocycles. The number of hydrogen-bond donors (Lipinski definition) is 1. The van der Waals surface area contributed by atoms with E-state index in [1.807, 2.05) is 54.6 Å². The third-order valence-electron chi connectivity index (χ3n) is 4.40. The van der Waals surface area contributed by atoms with Gasteiger partial charge in [-0.1, -0.05) is 42.1 Å². The zero-order valence-electron chi connectivity index (χ0n) is 16.0. The van der Waals surface area contributed by atoms with Gasteiger partial charge in [0.05, 0.1) is 11.9 Å². The molecular weight excluding hydrogens is 386 g/mol. The number of aromatic amines is 1. The fourth-order valence-corrected chi connectivity index (χ4v) is 3.69. The second kappa shape index (κ2) is 7.92. The summed E-state index contributed by atoms with van der Waals surface area (Å²) >= 11 is 1.43. The quantitative estimate of drug-likeness (QED) is 0.407. The van der Waals surface area contributed by atoms with Crippen LogP contribution in [-0.2, 0) is 5.75 Å². The first-order chi connectivity index (χ1) is 14.0. The minimum absolute atomic E-state index is 0.0326. The van der Waals surface area contributed by atoms with Gasteiger partial charge in [-0.15, -0.1) is 0 Å². The van der Waals surface area contributed by atoms with E-state index in [2.05, 4.69) is 15.1 Å². The normalized spacial score (nSPS) is 11.0. The Morgan fingerprint density at radius 3 is 2.52 bits per heavy atom. The number of aromatic nitrogens is 4. The van der Waals surface area contributed by atoms with Crippen molar-refractivity contribution < 1.29 is 4.79 Å². The fraction of sp³-hybridized carbons (Fsp3) is 0.143. The lowest BCUT2D eigenvalue weighted by molar-refractivity contribution is 0.0827. The molecule has 1 N–H and O–H groups in total. The van der Waals surface area contributed by atoms with Gasteiger partial charge in [-0.05, 0) is 29.8 Å². The van der Waals surface area contributed by atoms with E-state index in [1.165, 1.54) is 18.0 Å². The van der Waals surface area contributed by atoms with Crippen LogP contribution in [0.25, 0.3) is 16.7 Å². The van der Waals surface area contributed by atoms with E-state index >= 15 is 0 Å². The van der Waals surface area contributed by atoms with Crippen molar-refractivity contribution in [1.82, 2.24) is 24.6 Å². The molecule has 146 valence electrons. The lowest BCUT2D eigenvalue weighted by Crippen LogP contribution is -2.21. The maximum Gasteiger partial charge on any atom is 0.262 e. The standard InChI is InChI=1S/C21H19N5O2S/c1-25(2)20(28)15-10-8-14(9-11-15)13-29-21-23-18-17(19(27)24-21)12-22-26(18)16-6-4-3-5-7-16/h3-12H,13H2,1-2H3,(H,23,24,27). The van der Waals surface area contributed by atoms with Gasteiger partial charge in [-0.3, -0.25) is 9.59 Å². The van der Waals surface area contributed by atoms with Crippen molar-refractivity contribution in [3.05, 3.63) is 82.3 Å². The van der Waals surface area contributed by atoms with Gasteiger partial charge >= 0.3 is 0 Å². The minimum Gasteiger partial charge on any atom is -0.345 e. The molecule has 4 aromatic rings. The number of amides is 1. The lowest BCUT2D eigenvalue weighted by Gasteiger charge is -2.10. The maximum absolute atomic E-state index is 12.4. The van der Waals surface area contributed by atoms with Crippen molar-refractivity contribution in [1.29, 1.82) is 0 Å². The summed E-state index contributed by atoms with van der Waals surface area (Å²) in [5.74, 6) is 0.583. The molecule has 0 aliphatic carbocycles. The van der Waals surface area contributed by atoms with Gasteiger partial charge in [0.25, 0.3) is 11.5 Å². The highest BCUT2D eigenvalue weighted by Crippen LogP contribution is 2.21. The summed E-state index contributed by atoms with van der Waals surface area (Å²) in [4.78, 5) is 33.4. The number of thioether (sulfide) groups is 1. The zero-order valence-corrected chi connectivity index (χ0v) is 16.8. The Labute approximate surface area is 171 Å². The summed E-state index contributed by atoms with van der Waals surface area (Å²) < 4.78 is 1.66. The number of carbonyl (C=O) groups is 1. The van der Waals surface area contributed by atoms with E-state index in [0.29, 0.717) is 27.5 Å². The molecule has 1 amide bonds. The van der Waals surface area contributed by atoms with Crippen molar-refractivity contribution in [2.75, 3.05) is 14.1 Å². The van der Waals surface area contributed by atoms with Gasteiger partial charge in [0, 0.05) is 25.4 Å². The van der Waals surface area contributed by atoms with Crippen molar-refractivity contribution in [3.63, 3.8) is 0 Å². The molecule has 0 radical (unpaired) electrons. The molecule has 0 spiro atoms. The number of para-hydroxylation sites is 1. The average molecular weight is 405 g/mol. The number of H-pyrrole nitrogens is 1. The smallest absolute Gasteiger partial charge is 0.262 e. The highest BCUT2D eigenvalue weighted by atomic mass is 32.2. The molecular formula is C21H19N5O2S. The van der Waals surface area contributed by atoms with E-state index in [9.17, 15) is 9.59 Å². The van der Waals surface area contributed by atoms with E-state index < -0.39 is 0 Å².